The predicted molar refractivity (Wildman–Crippen MR) is 54.6 cm³/mol. The Balaban J connectivity index is 3.42. The maximum atomic E-state index is 10.7. The molecule has 0 aromatic carbocycles. The molecular weight excluding hydrogens is 164 g/mol. The summed E-state index contributed by atoms with van der Waals surface area (Å²) in [6.45, 7) is 5.74. The Kier molecular flexibility index (Phi) is 7.76. The zero-order valence-electron chi connectivity index (χ0n) is 9.14. The molecule has 0 spiro atoms. The Bertz CT molecular complexity index is 132. The fourth-order valence-electron chi connectivity index (χ4n) is 1.38. The molecule has 0 bridgehead atoms. The Hall–Kier alpha value is -0.530. The summed E-state index contributed by atoms with van der Waals surface area (Å²) in [5.41, 5.74) is 0. The summed E-state index contributed by atoms with van der Waals surface area (Å²) in [6.07, 6.45) is 7.09. The highest BCUT2D eigenvalue weighted by atomic mass is 16.5. The van der Waals surface area contributed by atoms with E-state index in [1.54, 1.807) is 0 Å². The molecule has 0 radical (unpaired) electrons. The Morgan fingerprint density at radius 2 is 1.92 bits per heavy atom. The minimum Gasteiger partial charge on any atom is -0.463 e. The molecule has 2 heteroatoms. The summed E-state index contributed by atoms with van der Waals surface area (Å²) in [5, 5.41) is 0. The van der Waals surface area contributed by atoms with Crippen molar-refractivity contribution in [3.63, 3.8) is 0 Å². The van der Waals surface area contributed by atoms with Crippen LogP contribution in [-0.2, 0) is 9.53 Å². The van der Waals surface area contributed by atoms with E-state index in [1.807, 2.05) is 0 Å². The van der Waals surface area contributed by atoms with Crippen molar-refractivity contribution in [3.8, 4) is 0 Å². The molecule has 1 atom stereocenters. The van der Waals surface area contributed by atoms with Crippen LogP contribution in [0.4, 0.5) is 0 Å². The van der Waals surface area contributed by atoms with Gasteiger partial charge in [-0.25, -0.2) is 0 Å². The summed E-state index contributed by atoms with van der Waals surface area (Å²) in [6, 6.07) is 0. The highest BCUT2D eigenvalue weighted by Gasteiger charge is 2.08. The van der Waals surface area contributed by atoms with Crippen LogP contribution in [0.1, 0.15) is 59.3 Å². The number of carbonyl (C=O) groups is 1. The third-order valence-corrected chi connectivity index (χ3v) is 2.17. The molecule has 0 aromatic heterocycles. The number of ether oxygens (including phenoxy) is 1. The number of unbranched alkanes of at least 4 members (excludes halogenated alkanes) is 3. The van der Waals surface area contributed by atoms with Gasteiger partial charge in [0.15, 0.2) is 0 Å². The second kappa shape index (κ2) is 8.09. The lowest BCUT2D eigenvalue weighted by molar-refractivity contribution is -0.146. The van der Waals surface area contributed by atoms with Gasteiger partial charge in [-0.15, -0.1) is 0 Å². The normalized spacial score (nSPS) is 12.5. The van der Waals surface area contributed by atoms with Gasteiger partial charge in [-0.3, -0.25) is 4.79 Å². The highest BCUT2D eigenvalue weighted by molar-refractivity contribution is 5.66. The Morgan fingerprint density at radius 3 is 2.38 bits per heavy atom. The lowest BCUT2D eigenvalue weighted by Gasteiger charge is -2.14. The smallest absolute Gasteiger partial charge is 0.302 e. The lowest BCUT2D eigenvalue weighted by Crippen LogP contribution is -2.14. The minimum absolute atomic E-state index is 0.148. The van der Waals surface area contributed by atoms with Crippen LogP contribution in [0, 0.1) is 0 Å². The third kappa shape index (κ3) is 7.82. The summed E-state index contributed by atoms with van der Waals surface area (Å²) in [7, 11) is 0. The molecule has 2 nitrogen and oxygen atoms in total. The van der Waals surface area contributed by atoms with Crippen molar-refractivity contribution in [1.29, 1.82) is 0 Å². The largest absolute Gasteiger partial charge is 0.463 e. The molecule has 0 heterocycles. The summed E-state index contributed by atoms with van der Waals surface area (Å²) >= 11 is 0. The molecule has 0 aliphatic carbocycles. The van der Waals surface area contributed by atoms with E-state index in [0.29, 0.717) is 0 Å². The van der Waals surface area contributed by atoms with Crippen molar-refractivity contribution >= 4 is 5.97 Å². The molecule has 0 aliphatic rings. The number of hydrogen-bond acceptors (Lipinski definition) is 2. The van der Waals surface area contributed by atoms with Gasteiger partial charge in [0.2, 0.25) is 0 Å². The summed E-state index contributed by atoms with van der Waals surface area (Å²) in [5.74, 6) is -0.151. The first-order valence-corrected chi connectivity index (χ1v) is 5.37. The van der Waals surface area contributed by atoms with E-state index >= 15 is 0 Å². The zero-order valence-corrected chi connectivity index (χ0v) is 9.14. The fraction of sp³-hybridized carbons (Fsp3) is 0.909. The molecular formula is C11H22O2. The van der Waals surface area contributed by atoms with E-state index in [0.717, 1.165) is 12.8 Å². The van der Waals surface area contributed by atoms with Gasteiger partial charge < -0.3 is 4.74 Å². The van der Waals surface area contributed by atoms with Crippen molar-refractivity contribution in [3.05, 3.63) is 0 Å². The lowest BCUT2D eigenvalue weighted by atomic mass is 10.1. The van der Waals surface area contributed by atoms with E-state index in [1.165, 1.54) is 32.6 Å². The van der Waals surface area contributed by atoms with E-state index in [2.05, 4.69) is 13.8 Å². The van der Waals surface area contributed by atoms with Crippen molar-refractivity contribution in [1.82, 2.24) is 0 Å². The van der Waals surface area contributed by atoms with Crippen LogP contribution >= 0.6 is 0 Å². The number of carbonyl (C=O) groups excluding carboxylic acids is 1. The average Bonchev–Trinajstić information content (AvgIpc) is 2.09. The maximum absolute atomic E-state index is 10.7. The van der Waals surface area contributed by atoms with Crippen LogP contribution < -0.4 is 0 Å². The Labute approximate surface area is 81.7 Å². The second-order valence-corrected chi connectivity index (χ2v) is 3.49. The number of rotatable bonds is 7. The molecule has 78 valence electrons. The number of esters is 1. The first kappa shape index (κ1) is 12.5. The monoisotopic (exact) mass is 186 g/mol. The molecule has 0 saturated heterocycles. The first-order valence-electron chi connectivity index (χ1n) is 5.37. The van der Waals surface area contributed by atoms with Crippen molar-refractivity contribution in [2.24, 2.45) is 0 Å². The van der Waals surface area contributed by atoms with Crippen molar-refractivity contribution < 1.29 is 9.53 Å². The quantitative estimate of drug-likeness (QED) is 0.450. The van der Waals surface area contributed by atoms with Crippen LogP contribution in [0.3, 0.4) is 0 Å². The first-order chi connectivity index (χ1) is 6.20. The van der Waals surface area contributed by atoms with Gasteiger partial charge in [-0.1, -0.05) is 33.1 Å². The van der Waals surface area contributed by atoms with Crippen molar-refractivity contribution in [2.75, 3.05) is 0 Å². The Morgan fingerprint density at radius 1 is 1.23 bits per heavy atom. The van der Waals surface area contributed by atoms with E-state index in [4.69, 9.17) is 4.74 Å². The highest BCUT2D eigenvalue weighted by Crippen LogP contribution is 2.10. The van der Waals surface area contributed by atoms with Crippen LogP contribution in [0.2, 0.25) is 0 Å². The maximum Gasteiger partial charge on any atom is 0.302 e. The van der Waals surface area contributed by atoms with Gasteiger partial charge in [0, 0.05) is 6.92 Å². The molecule has 0 amide bonds. The topological polar surface area (TPSA) is 26.3 Å². The zero-order chi connectivity index (χ0) is 10.1. The van der Waals surface area contributed by atoms with Gasteiger partial charge in [0.1, 0.15) is 6.10 Å². The van der Waals surface area contributed by atoms with Crippen LogP contribution in [0.15, 0.2) is 0 Å². The molecule has 0 aromatic rings. The summed E-state index contributed by atoms with van der Waals surface area (Å²) < 4.78 is 5.14. The van der Waals surface area contributed by atoms with E-state index < -0.39 is 0 Å². The number of hydrogen-bond donors (Lipinski definition) is 0. The van der Waals surface area contributed by atoms with Crippen LogP contribution in [0.5, 0.6) is 0 Å². The van der Waals surface area contributed by atoms with Gasteiger partial charge in [-0.2, -0.15) is 0 Å². The standard InChI is InChI=1S/C11H22O2/c1-4-6-7-8-9-11(5-2)13-10(3)12/h11H,4-9H2,1-3H3. The van der Waals surface area contributed by atoms with Crippen molar-refractivity contribution in [2.45, 2.75) is 65.4 Å². The van der Waals surface area contributed by atoms with Gasteiger partial charge >= 0.3 is 5.97 Å². The van der Waals surface area contributed by atoms with Gasteiger partial charge in [-0.05, 0) is 19.3 Å². The third-order valence-electron chi connectivity index (χ3n) is 2.17. The molecule has 1 unspecified atom stereocenters. The second-order valence-electron chi connectivity index (χ2n) is 3.49. The molecule has 13 heavy (non-hydrogen) atoms. The van der Waals surface area contributed by atoms with Crippen LogP contribution in [0.25, 0.3) is 0 Å². The average molecular weight is 186 g/mol. The fourth-order valence-corrected chi connectivity index (χ4v) is 1.38. The molecule has 0 fully saturated rings. The molecule has 0 aliphatic heterocycles. The predicted octanol–water partition coefficient (Wildman–Crippen LogP) is 3.30. The van der Waals surface area contributed by atoms with Crippen LogP contribution in [-0.4, -0.2) is 12.1 Å². The van der Waals surface area contributed by atoms with Gasteiger partial charge in [0.05, 0.1) is 0 Å². The van der Waals surface area contributed by atoms with E-state index in [-0.39, 0.29) is 12.1 Å². The molecule has 0 N–H and O–H groups in total. The van der Waals surface area contributed by atoms with Gasteiger partial charge in [0.25, 0.3) is 0 Å². The minimum atomic E-state index is -0.151. The molecule has 0 saturated carbocycles. The molecule has 0 rings (SSSR count). The summed E-state index contributed by atoms with van der Waals surface area (Å²) in [4.78, 5) is 10.7. The SMILES string of the molecule is CCCCCCC(CC)OC(C)=O. The van der Waals surface area contributed by atoms with E-state index in [9.17, 15) is 4.79 Å².